The molecule has 0 saturated heterocycles. The fourth-order valence-electron chi connectivity index (χ4n) is 0.491. The Morgan fingerprint density at radius 3 is 1.33 bits per heavy atom. The van der Waals surface area contributed by atoms with Gasteiger partial charge in [-0.25, -0.2) is 8.78 Å². The van der Waals surface area contributed by atoms with Crippen molar-refractivity contribution in [2.24, 2.45) is 0 Å². The maximum Gasteiger partial charge on any atom is 0.447 e. The van der Waals surface area contributed by atoms with Crippen molar-refractivity contribution in [2.45, 2.75) is 11.2 Å². The molecule has 0 amide bonds. The molecule has 0 aromatic heterocycles. The molecule has 0 aliphatic rings. The predicted octanol–water partition coefficient (Wildman–Crippen LogP) is 2.59. The lowest BCUT2D eigenvalue weighted by Gasteiger charge is -2.20. The molecule has 0 aromatic rings. The fourth-order valence-corrected chi connectivity index (χ4v) is 1.06. The zero-order chi connectivity index (χ0) is 12.7. The minimum Gasteiger partial charge on any atom is -0.205 e. The minimum absolute atomic E-state index is 3.92. The summed E-state index contributed by atoms with van der Waals surface area (Å²) in [5, 5.41) is -6.38. The van der Waals surface area contributed by atoms with Gasteiger partial charge in [-0.2, -0.15) is 30.4 Å². The average molecular weight is 264 g/mol. The van der Waals surface area contributed by atoms with Crippen molar-refractivity contribution in [1.82, 2.24) is 0 Å². The average Bonchev–Trinajstić information content (AvgIpc) is 1.96. The summed E-state index contributed by atoms with van der Waals surface area (Å²) in [5.74, 6) is -4.04. The molecule has 1 atom stereocenters. The highest BCUT2D eigenvalue weighted by Crippen LogP contribution is 2.46. The van der Waals surface area contributed by atoms with Crippen molar-refractivity contribution < 1.29 is 43.0 Å². The standard InChI is InChI=1S/C4F8O2S/c5-1(2(6)7)3(8,4(9,10)11)15(12,13)14. The molecule has 11 heteroatoms. The third-order valence-electron chi connectivity index (χ3n) is 1.15. The first-order chi connectivity index (χ1) is 6.35. The Hall–Kier alpha value is -0.870. The molecular weight excluding hydrogens is 264 g/mol. The summed E-state index contributed by atoms with van der Waals surface area (Å²) >= 11 is 0. The van der Waals surface area contributed by atoms with Crippen molar-refractivity contribution >= 4 is 10.2 Å². The Bertz CT molecular complexity index is 376. The number of halogens is 8. The first-order valence-corrected chi connectivity index (χ1v) is 4.15. The van der Waals surface area contributed by atoms with Crippen LogP contribution in [0.4, 0.5) is 34.6 Å². The van der Waals surface area contributed by atoms with E-state index in [1.165, 1.54) is 0 Å². The quantitative estimate of drug-likeness (QED) is 0.567. The zero-order valence-electron chi connectivity index (χ0n) is 6.25. The Labute approximate surface area is 77.4 Å². The first kappa shape index (κ1) is 14.1. The lowest BCUT2D eigenvalue weighted by molar-refractivity contribution is -0.192. The highest BCUT2D eigenvalue weighted by atomic mass is 32.3. The van der Waals surface area contributed by atoms with E-state index >= 15 is 0 Å². The van der Waals surface area contributed by atoms with Gasteiger partial charge in [-0.3, -0.25) is 0 Å². The van der Waals surface area contributed by atoms with Gasteiger partial charge < -0.3 is 0 Å². The molecule has 0 aliphatic carbocycles. The van der Waals surface area contributed by atoms with E-state index in [0.717, 1.165) is 0 Å². The molecule has 0 fully saturated rings. The number of hydrogen-bond donors (Lipinski definition) is 0. The SMILES string of the molecule is O=S(=O)(F)C(F)(C(F)=C(F)F)C(F)(F)F. The van der Waals surface area contributed by atoms with Gasteiger partial charge in [0.05, 0.1) is 0 Å². The number of rotatable bonds is 2. The molecule has 0 spiro atoms. The summed E-state index contributed by atoms with van der Waals surface area (Å²) < 4.78 is 113. The van der Waals surface area contributed by atoms with Crippen LogP contribution in [-0.4, -0.2) is 19.6 Å². The Balaban J connectivity index is 6.02. The lowest BCUT2D eigenvalue weighted by atomic mass is 10.3. The highest BCUT2D eigenvalue weighted by molar-refractivity contribution is 7.87. The second kappa shape index (κ2) is 3.61. The molecule has 0 N–H and O–H groups in total. The molecule has 0 aromatic carbocycles. The molecule has 0 saturated carbocycles. The fraction of sp³-hybridized carbons (Fsp3) is 0.500. The van der Waals surface area contributed by atoms with E-state index in [-0.39, 0.29) is 0 Å². The van der Waals surface area contributed by atoms with Crippen molar-refractivity contribution in [3.63, 3.8) is 0 Å². The summed E-state index contributed by atoms with van der Waals surface area (Å²) in [6.07, 6.45) is -10.6. The second-order valence-electron chi connectivity index (χ2n) is 2.11. The van der Waals surface area contributed by atoms with Gasteiger partial charge in [0.1, 0.15) is 0 Å². The molecular formula is C4F8O2S. The summed E-state index contributed by atoms with van der Waals surface area (Å²) in [4.78, 5) is 0. The van der Waals surface area contributed by atoms with Gasteiger partial charge in [0.2, 0.25) is 5.83 Å². The van der Waals surface area contributed by atoms with Crippen LogP contribution in [0.1, 0.15) is 0 Å². The van der Waals surface area contributed by atoms with Crippen molar-refractivity contribution in [2.75, 3.05) is 0 Å². The van der Waals surface area contributed by atoms with Crippen molar-refractivity contribution in [1.29, 1.82) is 0 Å². The summed E-state index contributed by atoms with van der Waals surface area (Å²) in [7, 11) is -7.27. The van der Waals surface area contributed by atoms with E-state index in [9.17, 15) is 43.0 Å². The Kier molecular flexibility index (Phi) is 3.40. The van der Waals surface area contributed by atoms with Gasteiger partial charge in [0.15, 0.2) is 0 Å². The van der Waals surface area contributed by atoms with Crippen LogP contribution in [0.3, 0.4) is 0 Å². The third kappa shape index (κ3) is 2.21. The van der Waals surface area contributed by atoms with Gasteiger partial charge in [0.25, 0.3) is 0 Å². The van der Waals surface area contributed by atoms with Crippen LogP contribution in [0, 0.1) is 0 Å². The monoisotopic (exact) mass is 264 g/mol. The van der Waals surface area contributed by atoms with E-state index in [1.54, 1.807) is 0 Å². The predicted molar refractivity (Wildman–Crippen MR) is 30.3 cm³/mol. The normalized spacial score (nSPS) is 17.1. The molecule has 0 aliphatic heterocycles. The molecule has 0 radical (unpaired) electrons. The van der Waals surface area contributed by atoms with E-state index in [4.69, 9.17) is 0 Å². The summed E-state index contributed by atoms with van der Waals surface area (Å²) in [6.45, 7) is 0. The highest BCUT2D eigenvalue weighted by Gasteiger charge is 2.71. The van der Waals surface area contributed by atoms with Crippen LogP contribution in [0.2, 0.25) is 0 Å². The molecule has 1 unspecified atom stereocenters. The third-order valence-corrected chi connectivity index (χ3v) is 2.23. The van der Waals surface area contributed by atoms with Crippen LogP contribution in [-0.2, 0) is 10.2 Å². The van der Waals surface area contributed by atoms with E-state index < -0.39 is 33.3 Å². The molecule has 90 valence electrons. The van der Waals surface area contributed by atoms with E-state index in [0.29, 0.717) is 0 Å². The molecule has 0 heterocycles. The van der Waals surface area contributed by atoms with Crippen molar-refractivity contribution in [3.8, 4) is 0 Å². The summed E-state index contributed by atoms with van der Waals surface area (Å²) in [5.41, 5.74) is 0. The van der Waals surface area contributed by atoms with Gasteiger partial charge >= 0.3 is 27.5 Å². The van der Waals surface area contributed by atoms with Crippen LogP contribution in [0.25, 0.3) is 0 Å². The summed E-state index contributed by atoms with van der Waals surface area (Å²) in [6, 6.07) is 0. The zero-order valence-corrected chi connectivity index (χ0v) is 7.06. The topological polar surface area (TPSA) is 34.1 Å². The Morgan fingerprint density at radius 1 is 0.933 bits per heavy atom. The van der Waals surface area contributed by atoms with Gasteiger partial charge in [0, 0.05) is 0 Å². The maximum atomic E-state index is 12.4. The Morgan fingerprint density at radius 2 is 1.27 bits per heavy atom. The maximum absolute atomic E-state index is 12.4. The molecule has 15 heavy (non-hydrogen) atoms. The number of hydrogen-bond acceptors (Lipinski definition) is 2. The van der Waals surface area contributed by atoms with Gasteiger partial charge in [-0.05, 0) is 0 Å². The van der Waals surface area contributed by atoms with Crippen LogP contribution in [0.5, 0.6) is 0 Å². The van der Waals surface area contributed by atoms with Crippen LogP contribution in [0.15, 0.2) is 11.9 Å². The van der Waals surface area contributed by atoms with Gasteiger partial charge in [-0.15, -0.1) is 3.89 Å². The lowest BCUT2D eigenvalue weighted by Crippen LogP contribution is -2.47. The minimum atomic E-state index is -7.27. The first-order valence-electron chi connectivity index (χ1n) is 2.76. The van der Waals surface area contributed by atoms with E-state index in [1.807, 2.05) is 0 Å². The smallest absolute Gasteiger partial charge is 0.205 e. The van der Waals surface area contributed by atoms with E-state index in [2.05, 4.69) is 0 Å². The molecule has 0 bridgehead atoms. The molecule has 2 nitrogen and oxygen atoms in total. The number of alkyl halides is 4. The van der Waals surface area contributed by atoms with Crippen molar-refractivity contribution in [3.05, 3.63) is 11.9 Å². The molecule has 0 rings (SSSR count). The van der Waals surface area contributed by atoms with Gasteiger partial charge in [-0.1, -0.05) is 0 Å². The second-order valence-corrected chi connectivity index (χ2v) is 3.54. The van der Waals surface area contributed by atoms with Crippen LogP contribution >= 0.6 is 0 Å². The largest absolute Gasteiger partial charge is 0.447 e. The van der Waals surface area contributed by atoms with Crippen LogP contribution < -0.4 is 0 Å².